The van der Waals surface area contributed by atoms with E-state index in [0.717, 1.165) is 76.5 Å². The van der Waals surface area contributed by atoms with Crippen LogP contribution < -0.4 is 4.90 Å². The zero-order valence-electron chi connectivity index (χ0n) is 24.3. The van der Waals surface area contributed by atoms with Crippen molar-refractivity contribution in [2.75, 3.05) is 11.7 Å². The van der Waals surface area contributed by atoms with Gasteiger partial charge in [0.25, 0.3) is 0 Å². The standard InChI is InChI=1S/C35H36N2O5/c1-23-5-4-6-30(19-23)37(24(2)7-16-31-21-40-22-41-31)33-25(3)36-42-34(33)28-10-8-26(9-11-28)27-12-14-29(15-13-27)35(17-18-35)20-32(38)39/h4-6,8-15,19,21,24H,7,16-18,20,22H2,1-3H3,(H,38,39). The predicted octanol–water partition coefficient (Wildman–Crippen LogP) is 8.28. The van der Waals surface area contributed by atoms with E-state index in [9.17, 15) is 9.90 Å². The molecule has 0 saturated heterocycles. The second-order valence-corrected chi connectivity index (χ2v) is 11.6. The maximum atomic E-state index is 11.3. The van der Waals surface area contributed by atoms with Crippen LogP contribution in [0.1, 0.15) is 55.8 Å². The van der Waals surface area contributed by atoms with Gasteiger partial charge in [-0.15, -0.1) is 0 Å². The Bertz CT molecular complexity index is 1600. The van der Waals surface area contributed by atoms with E-state index >= 15 is 0 Å². The van der Waals surface area contributed by atoms with E-state index in [-0.39, 0.29) is 24.7 Å². The first-order valence-corrected chi connectivity index (χ1v) is 14.5. The Morgan fingerprint density at radius 3 is 2.31 bits per heavy atom. The van der Waals surface area contributed by atoms with E-state index < -0.39 is 5.97 Å². The zero-order chi connectivity index (χ0) is 29.3. The van der Waals surface area contributed by atoms with Crippen molar-refractivity contribution >= 4 is 17.3 Å². The molecular weight excluding hydrogens is 528 g/mol. The lowest BCUT2D eigenvalue weighted by Gasteiger charge is -2.31. The van der Waals surface area contributed by atoms with Crippen molar-refractivity contribution < 1.29 is 23.9 Å². The van der Waals surface area contributed by atoms with Gasteiger partial charge in [-0.25, -0.2) is 0 Å². The molecule has 6 rings (SSSR count). The van der Waals surface area contributed by atoms with Gasteiger partial charge in [-0.05, 0) is 74.4 Å². The lowest BCUT2D eigenvalue weighted by atomic mass is 9.91. The van der Waals surface area contributed by atoms with E-state index in [2.05, 4.69) is 96.7 Å². The third-order valence-electron chi connectivity index (χ3n) is 8.45. The van der Waals surface area contributed by atoms with Crippen molar-refractivity contribution in [2.45, 2.75) is 64.3 Å². The number of hydrogen-bond acceptors (Lipinski definition) is 6. The summed E-state index contributed by atoms with van der Waals surface area (Å²) in [5, 5.41) is 13.7. The predicted molar refractivity (Wildman–Crippen MR) is 162 cm³/mol. The number of nitrogens with zero attached hydrogens (tertiary/aromatic N) is 2. The number of rotatable bonds is 11. The molecular formula is C35H36N2O5. The molecule has 1 saturated carbocycles. The van der Waals surface area contributed by atoms with Gasteiger partial charge in [-0.3, -0.25) is 4.79 Å². The Morgan fingerprint density at radius 2 is 1.69 bits per heavy atom. The summed E-state index contributed by atoms with van der Waals surface area (Å²) in [5.74, 6) is 0.859. The number of aryl methyl sites for hydroxylation is 2. The Morgan fingerprint density at radius 1 is 1.00 bits per heavy atom. The minimum atomic E-state index is -0.737. The second kappa shape index (κ2) is 11.4. The molecule has 1 atom stereocenters. The van der Waals surface area contributed by atoms with Gasteiger partial charge in [0, 0.05) is 29.1 Å². The molecule has 0 amide bonds. The molecule has 7 heteroatoms. The lowest BCUT2D eigenvalue weighted by Crippen LogP contribution is -2.29. The molecule has 216 valence electrons. The highest BCUT2D eigenvalue weighted by atomic mass is 16.7. The molecule has 0 bridgehead atoms. The summed E-state index contributed by atoms with van der Waals surface area (Å²) in [4.78, 5) is 13.6. The fraction of sp³-hybridized carbons (Fsp3) is 0.314. The third kappa shape index (κ3) is 5.64. The van der Waals surface area contributed by atoms with Gasteiger partial charge in [0.15, 0.2) is 5.76 Å². The van der Waals surface area contributed by atoms with E-state index in [1.54, 1.807) is 6.26 Å². The van der Waals surface area contributed by atoms with Gasteiger partial charge in [-0.1, -0.05) is 65.8 Å². The Balaban J connectivity index is 1.28. The van der Waals surface area contributed by atoms with E-state index in [1.165, 1.54) is 5.56 Å². The summed E-state index contributed by atoms with van der Waals surface area (Å²) in [7, 11) is 0. The quantitative estimate of drug-likeness (QED) is 0.196. The number of aliphatic carboxylic acids is 1. The summed E-state index contributed by atoms with van der Waals surface area (Å²) >= 11 is 0. The first kappa shape index (κ1) is 27.6. The van der Waals surface area contributed by atoms with Crippen LogP contribution in [0.5, 0.6) is 0 Å². The molecule has 0 spiro atoms. The van der Waals surface area contributed by atoms with Gasteiger partial charge in [0.2, 0.25) is 6.79 Å². The van der Waals surface area contributed by atoms with Gasteiger partial charge < -0.3 is 24.0 Å². The lowest BCUT2D eigenvalue weighted by molar-refractivity contribution is -0.137. The average Bonchev–Trinajstić information content (AvgIpc) is 3.38. The van der Waals surface area contributed by atoms with Crippen LogP contribution in [0.25, 0.3) is 22.5 Å². The first-order chi connectivity index (χ1) is 20.3. The molecule has 1 N–H and O–H groups in total. The molecule has 1 unspecified atom stereocenters. The number of ether oxygens (including phenoxy) is 2. The molecule has 1 aliphatic carbocycles. The van der Waals surface area contributed by atoms with Crippen LogP contribution in [0.4, 0.5) is 11.4 Å². The Kier molecular flexibility index (Phi) is 7.50. The van der Waals surface area contributed by atoms with Crippen LogP contribution in [0.15, 0.2) is 89.3 Å². The van der Waals surface area contributed by atoms with Crippen molar-refractivity contribution in [1.29, 1.82) is 0 Å². The molecule has 2 heterocycles. The number of carboxylic acids is 1. The normalized spacial score (nSPS) is 15.8. The van der Waals surface area contributed by atoms with Crippen molar-refractivity contribution in [3.8, 4) is 22.5 Å². The minimum Gasteiger partial charge on any atom is -0.481 e. The van der Waals surface area contributed by atoms with E-state index in [1.807, 2.05) is 6.92 Å². The summed E-state index contributed by atoms with van der Waals surface area (Å²) in [5.41, 5.74) is 8.09. The highest BCUT2D eigenvalue weighted by Crippen LogP contribution is 2.51. The number of anilines is 2. The highest BCUT2D eigenvalue weighted by molar-refractivity contribution is 5.82. The number of carboxylic acid groups (broad SMARTS) is 1. The fourth-order valence-corrected chi connectivity index (χ4v) is 5.94. The molecule has 3 aromatic carbocycles. The largest absolute Gasteiger partial charge is 0.481 e. The fourth-order valence-electron chi connectivity index (χ4n) is 5.94. The molecule has 1 aliphatic heterocycles. The van der Waals surface area contributed by atoms with Crippen molar-refractivity contribution in [3.63, 3.8) is 0 Å². The number of benzene rings is 3. The van der Waals surface area contributed by atoms with Crippen LogP contribution in [-0.4, -0.2) is 29.1 Å². The van der Waals surface area contributed by atoms with Crippen molar-refractivity contribution in [2.24, 2.45) is 0 Å². The van der Waals surface area contributed by atoms with Crippen molar-refractivity contribution in [1.82, 2.24) is 5.16 Å². The van der Waals surface area contributed by atoms with Crippen LogP contribution in [0, 0.1) is 13.8 Å². The summed E-state index contributed by atoms with van der Waals surface area (Å²) in [6, 6.07) is 25.3. The molecule has 1 fully saturated rings. The first-order valence-electron chi connectivity index (χ1n) is 14.5. The molecule has 2 aliphatic rings. The maximum absolute atomic E-state index is 11.3. The highest BCUT2D eigenvalue weighted by Gasteiger charge is 2.45. The van der Waals surface area contributed by atoms with Crippen LogP contribution in [-0.2, 0) is 19.7 Å². The summed E-state index contributed by atoms with van der Waals surface area (Å²) in [6.45, 7) is 6.58. The summed E-state index contributed by atoms with van der Waals surface area (Å²) < 4.78 is 16.8. The van der Waals surface area contributed by atoms with Gasteiger partial charge in [-0.2, -0.15) is 0 Å². The van der Waals surface area contributed by atoms with Crippen LogP contribution in [0.2, 0.25) is 0 Å². The number of hydrogen-bond donors (Lipinski definition) is 1. The van der Waals surface area contributed by atoms with Crippen LogP contribution >= 0.6 is 0 Å². The van der Waals surface area contributed by atoms with Crippen molar-refractivity contribution in [3.05, 3.63) is 102 Å². The minimum absolute atomic E-state index is 0.127. The topological polar surface area (TPSA) is 85.0 Å². The molecule has 0 radical (unpaired) electrons. The molecule has 4 aromatic rings. The Labute approximate surface area is 246 Å². The van der Waals surface area contributed by atoms with Gasteiger partial charge >= 0.3 is 5.97 Å². The van der Waals surface area contributed by atoms with Gasteiger partial charge in [0.1, 0.15) is 23.4 Å². The molecule has 1 aromatic heterocycles. The van der Waals surface area contributed by atoms with E-state index in [0.29, 0.717) is 0 Å². The number of carbonyl (C=O) groups is 1. The SMILES string of the molecule is Cc1cccc(N(c2c(C)noc2-c2ccc(-c3ccc(C4(CC(=O)O)CC4)cc3)cc2)C(C)CCC2=COCO2)c1. The smallest absolute Gasteiger partial charge is 0.304 e. The second-order valence-electron chi connectivity index (χ2n) is 11.6. The third-order valence-corrected chi connectivity index (χ3v) is 8.45. The summed E-state index contributed by atoms with van der Waals surface area (Å²) in [6.07, 6.45) is 5.39. The average molecular weight is 565 g/mol. The molecule has 7 nitrogen and oxygen atoms in total. The van der Waals surface area contributed by atoms with E-state index in [4.69, 9.17) is 14.0 Å². The zero-order valence-corrected chi connectivity index (χ0v) is 24.3. The van der Waals surface area contributed by atoms with Gasteiger partial charge in [0.05, 0.1) is 6.42 Å². The number of aromatic nitrogens is 1. The maximum Gasteiger partial charge on any atom is 0.304 e. The monoisotopic (exact) mass is 564 g/mol. The van der Waals surface area contributed by atoms with Crippen LogP contribution in [0.3, 0.4) is 0 Å². The number of allylic oxidation sites excluding steroid dienone is 1. The Hall–Kier alpha value is -4.52. The molecule has 42 heavy (non-hydrogen) atoms.